The van der Waals surface area contributed by atoms with Crippen molar-refractivity contribution < 1.29 is 58.3 Å². The van der Waals surface area contributed by atoms with E-state index in [4.69, 9.17) is 9.47 Å². The summed E-state index contributed by atoms with van der Waals surface area (Å²) in [4.78, 5) is 45.8. The van der Waals surface area contributed by atoms with Crippen molar-refractivity contribution in [2.45, 2.75) is 374 Å². The number of aliphatic carboxylic acids is 2. The van der Waals surface area contributed by atoms with Gasteiger partial charge in [0, 0.05) is 24.8 Å². The Hall–Kier alpha value is -1.50. The number of rotatable bonds is 56. The summed E-state index contributed by atoms with van der Waals surface area (Å²) in [7, 11) is 0. The van der Waals surface area contributed by atoms with Gasteiger partial charge in [-0.1, -0.05) is 259 Å². The fourth-order valence-electron chi connectivity index (χ4n) is 9.53. The number of carbonyl (C=O) groups excluding carboxylic acids is 4. The first-order chi connectivity index (χ1) is 34.2. The third-order valence-corrected chi connectivity index (χ3v) is 14.1. The van der Waals surface area contributed by atoms with Crippen LogP contribution in [0.2, 0.25) is 0 Å². The zero-order valence-electron chi connectivity index (χ0n) is 47.9. The molecule has 9 heteroatoms. The van der Waals surface area contributed by atoms with Gasteiger partial charge in [-0.2, -0.15) is 0 Å². The van der Waals surface area contributed by atoms with E-state index in [2.05, 4.69) is 27.7 Å². The average Bonchev–Trinajstić information content (AvgIpc) is 3.33. The number of hydrogen-bond donors (Lipinski definition) is 0. The molecule has 0 aliphatic heterocycles. The van der Waals surface area contributed by atoms with E-state index in [0.29, 0.717) is 12.8 Å². The summed E-state index contributed by atoms with van der Waals surface area (Å²) < 4.78 is 11.8. The molecule has 8 nitrogen and oxygen atoms in total. The van der Waals surface area contributed by atoms with Crippen LogP contribution in [-0.2, 0) is 48.1 Å². The second-order valence-corrected chi connectivity index (χ2v) is 21.3. The molecule has 71 heavy (non-hydrogen) atoms. The molecule has 0 N–H and O–H groups in total. The molecule has 0 aromatic rings. The van der Waals surface area contributed by atoms with Crippen LogP contribution in [0.3, 0.4) is 0 Å². The van der Waals surface area contributed by atoms with Crippen molar-refractivity contribution in [3.05, 3.63) is 0 Å². The van der Waals surface area contributed by atoms with Crippen LogP contribution in [0.1, 0.15) is 362 Å². The average molecular weight is 1060 g/mol. The van der Waals surface area contributed by atoms with Crippen LogP contribution in [0.15, 0.2) is 0 Å². The van der Waals surface area contributed by atoms with Crippen LogP contribution in [0, 0.1) is 0 Å². The molecule has 0 heterocycles. The van der Waals surface area contributed by atoms with Crippen molar-refractivity contribution in [1.82, 2.24) is 0 Å². The van der Waals surface area contributed by atoms with E-state index < -0.39 is 11.9 Å². The van der Waals surface area contributed by atoms with Crippen molar-refractivity contribution >= 4 is 23.9 Å². The van der Waals surface area contributed by atoms with Crippen molar-refractivity contribution in [1.29, 1.82) is 0 Å². The summed E-state index contributed by atoms with van der Waals surface area (Å²) in [6.45, 7) is 9.01. The van der Waals surface area contributed by atoms with E-state index in [1.165, 1.54) is 167 Å². The molecule has 416 valence electrons. The van der Waals surface area contributed by atoms with Crippen molar-refractivity contribution in [2.24, 2.45) is 0 Å². The minimum Gasteiger partial charge on any atom is -0.550 e. The first-order valence-corrected chi connectivity index (χ1v) is 31.0. The van der Waals surface area contributed by atoms with Gasteiger partial charge in [0.25, 0.3) is 0 Å². The predicted octanol–water partition coefficient (Wildman–Crippen LogP) is 17.7. The quantitative estimate of drug-likeness (QED) is 0.0334. The van der Waals surface area contributed by atoms with E-state index in [1.807, 2.05) is 0 Å². The molecule has 0 saturated carbocycles. The first kappa shape index (κ1) is 73.7. The van der Waals surface area contributed by atoms with E-state index in [9.17, 15) is 29.4 Å². The molecule has 0 aromatic heterocycles. The first-order valence-electron chi connectivity index (χ1n) is 31.0. The summed E-state index contributed by atoms with van der Waals surface area (Å²) in [6, 6.07) is 0. The normalized spacial score (nSPS) is 11.9. The Balaban J connectivity index is -0.00000128. The number of unbranched alkanes of at least 4 members (excludes halogenated alkanes) is 38. The molecule has 0 aliphatic carbocycles. The van der Waals surface area contributed by atoms with Crippen LogP contribution in [0.5, 0.6) is 0 Å². The Morgan fingerprint density at radius 3 is 0.634 bits per heavy atom. The monoisotopic (exact) mass is 1050 g/mol. The number of ether oxygens (including phenoxy) is 2. The number of esters is 2. The zero-order chi connectivity index (χ0) is 51.6. The van der Waals surface area contributed by atoms with Gasteiger partial charge in [0.2, 0.25) is 0 Å². The molecular weight excluding hydrogens is 938 g/mol. The minimum atomic E-state index is -0.942. The smallest absolute Gasteiger partial charge is 0.550 e. The summed E-state index contributed by atoms with van der Waals surface area (Å²) >= 11 is 0. The summed E-state index contributed by atoms with van der Waals surface area (Å²) in [5.41, 5.74) is 0. The van der Waals surface area contributed by atoms with Gasteiger partial charge < -0.3 is 29.3 Å². The molecular formula is C62H118O8Zn. The van der Waals surface area contributed by atoms with Crippen molar-refractivity contribution in [3.8, 4) is 0 Å². The molecule has 0 fully saturated rings. The molecule has 0 saturated heterocycles. The molecule has 0 aliphatic rings. The van der Waals surface area contributed by atoms with Crippen LogP contribution in [0.25, 0.3) is 0 Å². The van der Waals surface area contributed by atoms with Gasteiger partial charge in [-0.3, -0.25) is 9.59 Å². The van der Waals surface area contributed by atoms with Crippen LogP contribution in [-0.4, -0.2) is 36.1 Å². The maximum absolute atomic E-state index is 12.4. The predicted molar refractivity (Wildman–Crippen MR) is 293 cm³/mol. The van der Waals surface area contributed by atoms with E-state index >= 15 is 0 Å². The van der Waals surface area contributed by atoms with Gasteiger partial charge in [-0.05, 0) is 89.9 Å². The van der Waals surface area contributed by atoms with E-state index in [-0.39, 0.29) is 56.5 Å². The van der Waals surface area contributed by atoms with Crippen LogP contribution in [0.4, 0.5) is 0 Å². The van der Waals surface area contributed by atoms with Crippen LogP contribution < -0.4 is 10.2 Å². The molecule has 0 aromatic carbocycles. The van der Waals surface area contributed by atoms with Crippen molar-refractivity contribution in [3.63, 3.8) is 0 Å². The van der Waals surface area contributed by atoms with Gasteiger partial charge >= 0.3 is 31.4 Å². The Kier molecular flexibility index (Phi) is 65.2. The third-order valence-electron chi connectivity index (χ3n) is 14.1. The summed E-state index contributed by atoms with van der Waals surface area (Å²) in [5, 5.41) is 20.9. The van der Waals surface area contributed by atoms with Crippen molar-refractivity contribution in [2.75, 3.05) is 0 Å². The molecule has 0 amide bonds. The Labute approximate surface area is 453 Å². The largest absolute Gasteiger partial charge is 2.00 e. The second kappa shape index (κ2) is 62.8. The molecule has 0 bridgehead atoms. The maximum Gasteiger partial charge on any atom is 2.00 e. The topological polar surface area (TPSA) is 133 Å². The van der Waals surface area contributed by atoms with E-state index in [1.54, 1.807) is 0 Å². The van der Waals surface area contributed by atoms with Gasteiger partial charge in [-0.25, -0.2) is 0 Å². The summed E-state index contributed by atoms with van der Waals surface area (Å²) in [6.07, 6.45) is 58.6. The van der Waals surface area contributed by atoms with Gasteiger partial charge in [0.1, 0.15) is 12.2 Å². The number of carbonyl (C=O) groups is 4. The fourth-order valence-corrected chi connectivity index (χ4v) is 9.53. The molecule has 2 atom stereocenters. The summed E-state index contributed by atoms with van der Waals surface area (Å²) in [5.74, 6) is -1.88. The van der Waals surface area contributed by atoms with Gasteiger partial charge in [-0.15, -0.1) is 0 Å². The number of carboxylic acid groups (broad SMARTS) is 2. The minimum absolute atomic E-state index is 0. The molecule has 0 spiro atoms. The van der Waals surface area contributed by atoms with Gasteiger partial charge in [0.05, 0.1) is 0 Å². The molecule has 0 rings (SSSR count). The Morgan fingerprint density at radius 1 is 0.268 bits per heavy atom. The fraction of sp³-hybridized carbons (Fsp3) is 0.935. The molecule has 0 radical (unpaired) electrons. The SMILES string of the molecule is CCCCCCCCCCCCC(=O)OC(CCCCCCCC)CCCCCCCCC(=O)[O-].CCCCCCCCCCCCC(=O)OC(CCCCCCCC)CCCCCCCCC(=O)[O-].[Zn+2]. The van der Waals surface area contributed by atoms with Gasteiger partial charge in [0.15, 0.2) is 0 Å². The number of hydrogen-bond acceptors (Lipinski definition) is 8. The zero-order valence-corrected chi connectivity index (χ0v) is 50.9. The van der Waals surface area contributed by atoms with Crippen LogP contribution >= 0.6 is 0 Å². The Bertz CT molecular complexity index is 1020. The second-order valence-electron chi connectivity index (χ2n) is 21.3. The number of carboxylic acids is 2. The standard InChI is InChI=1S/2C31H60O4.Zn/c2*1-3-5-7-9-11-12-13-14-20-24-28-31(34)35-29(25-21-17-10-8-6-4-2)26-22-18-15-16-19-23-27-30(32)33;/h2*29H,3-28H2,1-2H3,(H,32,33);/q;;+2/p-2. The molecule has 2 unspecified atom stereocenters. The Morgan fingerprint density at radius 2 is 0.437 bits per heavy atom. The van der Waals surface area contributed by atoms with E-state index in [0.717, 1.165) is 141 Å². The third kappa shape index (κ3) is 64.6. The maximum atomic E-state index is 12.4.